The molecule has 0 radical (unpaired) electrons. The van der Waals surface area contributed by atoms with Gasteiger partial charge in [0, 0.05) is 11.8 Å². The quantitative estimate of drug-likeness (QED) is 0.882. The predicted octanol–water partition coefficient (Wildman–Crippen LogP) is 2.32. The lowest BCUT2D eigenvalue weighted by Gasteiger charge is -2.04. The molecule has 0 saturated carbocycles. The van der Waals surface area contributed by atoms with Crippen molar-refractivity contribution in [2.24, 2.45) is 5.73 Å². The van der Waals surface area contributed by atoms with E-state index in [1.807, 2.05) is 31.2 Å². The van der Waals surface area contributed by atoms with Crippen molar-refractivity contribution in [1.29, 1.82) is 0 Å². The number of hydrogen-bond donors (Lipinski definition) is 2. The highest BCUT2D eigenvalue weighted by Crippen LogP contribution is 2.25. The van der Waals surface area contributed by atoms with Crippen LogP contribution in [0.5, 0.6) is 0 Å². The molecule has 0 aliphatic carbocycles. The third kappa shape index (κ3) is 3.69. The van der Waals surface area contributed by atoms with Crippen LogP contribution in [-0.4, -0.2) is 28.4 Å². The maximum Gasteiger partial charge on any atom is 0.236 e. The lowest BCUT2D eigenvalue weighted by atomic mass is 10.3. The van der Waals surface area contributed by atoms with Crippen molar-refractivity contribution in [1.82, 2.24) is 4.98 Å². The van der Waals surface area contributed by atoms with Crippen molar-refractivity contribution < 1.29 is 4.79 Å². The zero-order valence-electron chi connectivity index (χ0n) is 10.1. The summed E-state index contributed by atoms with van der Waals surface area (Å²) in [4.78, 5) is 16.0. The Morgan fingerprint density at radius 1 is 1.56 bits per heavy atom. The van der Waals surface area contributed by atoms with Crippen LogP contribution in [0.15, 0.2) is 24.3 Å². The molecular formula is C12H15N3OS2. The molecule has 2 aromatic rings. The number of fused-ring (bicyclic) bond motifs is 1. The van der Waals surface area contributed by atoms with Crippen LogP contribution in [0.1, 0.15) is 6.92 Å². The smallest absolute Gasteiger partial charge is 0.236 e. The first-order chi connectivity index (χ1) is 8.65. The fourth-order valence-electron chi connectivity index (χ4n) is 1.42. The molecule has 3 N–H and O–H groups in total. The van der Waals surface area contributed by atoms with Gasteiger partial charge in [0.05, 0.1) is 16.0 Å². The first-order valence-corrected chi connectivity index (χ1v) is 7.61. The minimum Gasteiger partial charge on any atom is -0.327 e. The normalized spacial score (nSPS) is 12.6. The minimum atomic E-state index is -0.0280. The number of amides is 1. The summed E-state index contributed by atoms with van der Waals surface area (Å²) in [6, 6.07) is 7.95. The lowest BCUT2D eigenvalue weighted by molar-refractivity contribution is -0.113. The number of benzene rings is 1. The minimum absolute atomic E-state index is 0.0280. The van der Waals surface area contributed by atoms with E-state index in [0.29, 0.717) is 10.9 Å². The molecule has 1 aromatic heterocycles. The van der Waals surface area contributed by atoms with Gasteiger partial charge in [0.2, 0.25) is 5.91 Å². The van der Waals surface area contributed by atoms with E-state index >= 15 is 0 Å². The lowest BCUT2D eigenvalue weighted by Crippen LogP contribution is -2.20. The van der Waals surface area contributed by atoms with Gasteiger partial charge in [0.15, 0.2) is 5.13 Å². The first kappa shape index (κ1) is 13.3. The van der Waals surface area contributed by atoms with Crippen LogP contribution in [0.25, 0.3) is 10.2 Å². The van der Waals surface area contributed by atoms with Crippen LogP contribution < -0.4 is 11.1 Å². The summed E-state index contributed by atoms with van der Waals surface area (Å²) in [5.74, 6) is 1.17. The van der Waals surface area contributed by atoms with E-state index < -0.39 is 0 Å². The van der Waals surface area contributed by atoms with Gasteiger partial charge < -0.3 is 11.1 Å². The number of nitrogens with zero attached hydrogens (tertiary/aromatic N) is 1. The number of thioether (sulfide) groups is 1. The zero-order chi connectivity index (χ0) is 13.0. The van der Waals surface area contributed by atoms with Crippen molar-refractivity contribution in [3.8, 4) is 0 Å². The molecule has 1 heterocycles. The monoisotopic (exact) mass is 281 g/mol. The zero-order valence-corrected chi connectivity index (χ0v) is 11.7. The predicted molar refractivity (Wildman–Crippen MR) is 79.2 cm³/mol. The van der Waals surface area contributed by atoms with Gasteiger partial charge in [-0.25, -0.2) is 4.98 Å². The van der Waals surface area contributed by atoms with Crippen molar-refractivity contribution in [2.45, 2.75) is 13.0 Å². The topological polar surface area (TPSA) is 68.0 Å². The van der Waals surface area contributed by atoms with Gasteiger partial charge >= 0.3 is 0 Å². The van der Waals surface area contributed by atoms with E-state index in [0.717, 1.165) is 16.0 Å². The highest BCUT2D eigenvalue weighted by molar-refractivity contribution is 8.00. The Balaban J connectivity index is 1.90. The van der Waals surface area contributed by atoms with Gasteiger partial charge in [-0.15, -0.1) is 0 Å². The molecule has 0 spiro atoms. The van der Waals surface area contributed by atoms with Crippen molar-refractivity contribution in [3.63, 3.8) is 0 Å². The van der Waals surface area contributed by atoms with Crippen LogP contribution in [0.4, 0.5) is 5.13 Å². The Labute approximate surface area is 114 Å². The number of hydrogen-bond acceptors (Lipinski definition) is 5. The van der Waals surface area contributed by atoms with Gasteiger partial charge in [-0.1, -0.05) is 23.5 Å². The van der Waals surface area contributed by atoms with Gasteiger partial charge in [-0.2, -0.15) is 11.8 Å². The number of nitrogens with two attached hydrogens (primary N) is 1. The molecule has 2 rings (SSSR count). The molecule has 1 aromatic carbocycles. The Bertz CT molecular complexity index is 506. The first-order valence-electron chi connectivity index (χ1n) is 5.64. The average Bonchev–Trinajstić information content (AvgIpc) is 2.70. The number of carbonyl (C=O) groups is 1. The number of rotatable bonds is 5. The van der Waals surface area contributed by atoms with Crippen LogP contribution >= 0.6 is 23.1 Å². The van der Waals surface area contributed by atoms with Crippen LogP contribution in [-0.2, 0) is 4.79 Å². The highest BCUT2D eigenvalue weighted by Gasteiger charge is 2.07. The molecule has 1 unspecified atom stereocenters. The Kier molecular flexibility index (Phi) is 4.57. The molecule has 96 valence electrons. The molecule has 0 aliphatic heterocycles. The number of thiazole rings is 1. The van der Waals surface area contributed by atoms with Crippen molar-refractivity contribution in [2.75, 3.05) is 16.8 Å². The highest BCUT2D eigenvalue weighted by atomic mass is 32.2. The molecule has 0 aliphatic rings. The molecule has 4 nitrogen and oxygen atoms in total. The van der Waals surface area contributed by atoms with Crippen LogP contribution in [0, 0.1) is 0 Å². The maximum atomic E-state index is 11.7. The van der Waals surface area contributed by atoms with Crippen molar-refractivity contribution in [3.05, 3.63) is 24.3 Å². The second kappa shape index (κ2) is 6.17. The number of carbonyl (C=O) groups excluding carboxylic acids is 1. The Morgan fingerprint density at radius 2 is 2.33 bits per heavy atom. The third-order valence-corrected chi connectivity index (χ3v) is 4.33. The van der Waals surface area contributed by atoms with Gasteiger partial charge in [0.25, 0.3) is 0 Å². The number of nitrogens with one attached hydrogen (secondary N) is 1. The average molecular weight is 281 g/mol. The largest absolute Gasteiger partial charge is 0.327 e. The summed E-state index contributed by atoms with van der Waals surface area (Å²) in [7, 11) is 0. The molecule has 6 heteroatoms. The Morgan fingerprint density at radius 3 is 3.06 bits per heavy atom. The summed E-state index contributed by atoms with van der Waals surface area (Å²) in [6.45, 7) is 1.93. The van der Waals surface area contributed by atoms with Gasteiger partial charge in [-0.05, 0) is 19.1 Å². The summed E-state index contributed by atoms with van der Waals surface area (Å²) in [5, 5.41) is 3.47. The molecule has 1 amide bonds. The van der Waals surface area contributed by atoms with Crippen LogP contribution in [0.3, 0.4) is 0 Å². The van der Waals surface area contributed by atoms with Gasteiger partial charge in [0.1, 0.15) is 0 Å². The molecule has 1 atom stereocenters. The van der Waals surface area contributed by atoms with E-state index in [1.54, 1.807) is 0 Å². The van der Waals surface area contributed by atoms with E-state index in [1.165, 1.54) is 23.1 Å². The van der Waals surface area contributed by atoms with E-state index in [-0.39, 0.29) is 11.9 Å². The van der Waals surface area contributed by atoms with Crippen molar-refractivity contribution >= 4 is 44.4 Å². The summed E-state index contributed by atoms with van der Waals surface area (Å²) in [5.41, 5.74) is 6.54. The van der Waals surface area contributed by atoms with E-state index in [2.05, 4.69) is 10.3 Å². The fraction of sp³-hybridized carbons (Fsp3) is 0.333. The Hall–Kier alpha value is -1.11. The van der Waals surface area contributed by atoms with E-state index in [4.69, 9.17) is 5.73 Å². The molecule has 0 fully saturated rings. The fourth-order valence-corrected chi connectivity index (χ4v) is 3.05. The summed E-state index contributed by atoms with van der Waals surface area (Å²) >= 11 is 3.02. The number of aromatic nitrogens is 1. The SMILES string of the molecule is CC(N)CSCC(=O)Nc1nc2ccccc2s1. The standard InChI is InChI=1S/C12H15N3OS2/c1-8(13)6-17-7-11(16)15-12-14-9-4-2-3-5-10(9)18-12/h2-5,8H,6-7,13H2,1H3,(H,14,15,16). The second-order valence-electron chi connectivity index (χ2n) is 4.03. The molecule has 0 bridgehead atoms. The van der Waals surface area contributed by atoms with Gasteiger partial charge in [-0.3, -0.25) is 4.79 Å². The van der Waals surface area contributed by atoms with Crippen LogP contribution in [0.2, 0.25) is 0 Å². The molecular weight excluding hydrogens is 266 g/mol. The van der Waals surface area contributed by atoms with E-state index in [9.17, 15) is 4.79 Å². The molecule has 0 saturated heterocycles. The molecule has 18 heavy (non-hydrogen) atoms. The number of anilines is 1. The maximum absolute atomic E-state index is 11.7. The summed E-state index contributed by atoms with van der Waals surface area (Å²) < 4.78 is 1.08. The third-order valence-electron chi connectivity index (χ3n) is 2.15. The second-order valence-corrected chi connectivity index (χ2v) is 6.09. The summed E-state index contributed by atoms with van der Waals surface area (Å²) in [6.07, 6.45) is 0. The number of para-hydroxylation sites is 1.